The average Bonchev–Trinajstić information content (AvgIpc) is 3.75. The molecule has 0 unspecified atom stereocenters. The lowest BCUT2D eigenvalue weighted by Gasteiger charge is -2.30. The van der Waals surface area contributed by atoms with Crippen LogP contribution in [0, 0.1) is 0 Å². The van der Waals surface area contributed by atoms with Crippen LogP contribution in [-0.2, 0) is 5.41 Å². The Balaban J connectivity index is 1.22. The molecule has 0 N–H and O–H groups in total. The molecule has 2 heterocycles. The molecule has 0 saturated heterocycles. The first-order valence-electron chi connectivity index (χ1n) is 16.5. The molecule has 9 aromatic rings. The van der Waals surface area contributed by atoms with Gasteiger partial charge in [0.25, 0.3) is 0 Å². The number of nitrogens with zero attached hydrogens (tertiary/aromatic N) is 1. The highest BCUT2D eigenvalue weighted by atomic mass is 16.3. The van der Waals surface area contributed by atoms with Crippen LogP contribution in [0.3, 0.4) is 0 Å². The quantitative estimate of drug-likeness (QED) is 0.197. The molecule has 1 aliphatic carbocycles. The minimum atomic E-state index is -0.115. The summed E-state index contributed by atoms with van der Waals surface area (Å²) in [6.45, 7) is 4.68. The smallest absolute Gasteiger partial charge is 0.139 e. The lowest BCUT2D eigenvalue weighted by atomic mass is 9.82. The minimum Gasteiger partial charge on any atom is -0.456 e. The van der Waals surface area contributed by atoms with Crippen LogP contribution < -0.4 is 4.90 Å². The van der Waals surface area contributed by atoms with Crippen molar-refractivity contribution < 1.29 is 8.83 Å². The van der Waals surface area contributed by atoms with Crippen LogP contribution in [0.15, 0.2) is 160 Å². The number of benzene rings is 7. The Kier molecular flexibility index (Phi) is 5.63. The van der Waals surface area contributed by atoms with E-state index in [1.165, 1.54) is 33.4 Å². The van der Waals surface area contributed by atoms with Crippen LogP contribution in [0.25, 0.3) is 66.1 Å². The zero-order valence-electron chi connectivity index (χ0n) is 26.7. The molecule has 7 aromatic carbocycles. The topological polar surface area (TPSA) is 29.5 Å². The molecule has 0 amide bonds. The number of furan rings is 2. The lowest BCUT2D eigenvalue weighted by molar-refractivity contribution is 0.656. The monoisotopic (exact) mass is 617 g/mol. The first-order chi connectivity index (χ1) is 23.5. The number of hydrogen-bond donors (Lipinski definition) is 0. The second-order valence-electron chi connectivity index (χ2n) is 13.3. The van der Waals surface area contributed by atoms with Crippen molar-refractivity contribution >= 4 is 60.9 Å². The summed E-state index contributed by atoms with van der Waals surface area (Å²) in [5.41, 5.74) is 14.3. The van der Waals surface area contributed by atoms with Gasteiger partial charge in [0.05, 0.1) is 5.69 Å². The Labute approximate surface area is 278 Å². The number of hydrogen-bond acceptors (Lipinski definition) is 3. The highest BCUT2D eigenvalue weighted by Gasteiger charge is 2.36. The second-order valence-corrected chi connectivity index (χ2v) is 13.3. The molecule has 0 aliphatic heterocycles. The molecule has 0 spiro atoms. The van der Waals surface area contributed by atoms with Gasteiger partial charge in [-0.1, -0.05) is 111 Å². The van der Waals surface area contributed by atoms with Crippen LogP contribution in [0.5, 0.6) is 0 Å². The molecule has 48 heavy (non-hydrogen) atoms. The maximum Gasteiger partial charge on any atom is 0.139 e. The first-order valence-corrected chi connectivity index (χ1v) is 16.5. The number of anilines is 3. The summed E-state index contributed by atoms with van der Waals surface area (Å²) in [4.78, 5) is 2.41. The van der Waals surface area contributed by atoms with E-state index in [-0.39, 0.29) is 5.41 Å². The summed E-state index contributed by atoms with van der Waals surface area (Å²) in [6.07, 6.45) is 0. The van der Waals surface area contributed by atoms with Gasteiger partial charge in [-0.25, -0.2) is 0 Å². The Bertz CT molecular complexity index is 2710. The largest absolute Gasteiger partial charge is 0.456 e. The second kappa shape index (κ2) is 9.97. The molecular weight excluding hydrogens is 587 g/mol. The summed E-state index contributed by atoms with van der Waals surface area (Å²) in [5, 5.41) is 4.36. The van der Waals surface area contributed by atoms with Gasteiger partial charge in [0.1, 0.15) is 22.3 Å². The number of rotatable bonds is 4. The van der Waals surface area contributed by atoms with Crippen molar-refractivity contribution in [1.82, 2.24) is 0 Å². The third-order valence-corrected chi connectivity index (χ3v) is 10.3. The van der Waals surface area contributed by atoms with Crippen molar-refractivity contribution in [2.24, 2.45) is 0 Å². The maximum absolute atomic E-state index is 6.44. The normalized spacial score (nSPS) is 13.4. The van der Waals surface area contributed by atoms with E-state index in [1.54, 1.807) is 0 Å². The molecule has 0 bridgehead atoms. The lowest BCUT2D eigenvalue weighted by Crippen LogP contribution is -2.16. The zero-order valence-corrected chi connectivity index (χ0v) is 26.7. The summed E-state index contributed by atoms with van der Waals surface area (Å²) in [6, 6.07) is 54.2. The Morgan fingerprint density at radius 3 is 1.88 bits per heavy atom. The zero-order chi connectivity index (χ0) is 32.0. The highest BCUT2D eigenvalue weighted by Crippen LogP contribution is 2.51. The van der Waals surface area contributed by atoms with E-state index in [1.807, 2.05) is 18.2 Å². The van der Waals surface area contributed by atoms with Gasteiger partial charge in [-0.2, -0.15) is 0 Å². The van der Waals surface area contributed by atoms with Crippen LogP contribution in [0.4, 0.5) is 17.1 Å². The van der Waals surface area contributed by atoms with Crippen molar-refractivity contribution in [3.63, 3.8) is 0 Å². The van der Waals surface area contributed by atoms with E-state index >= 15 is 0 Å². The number of fused-ring (bicyclic) bond motifs is 9. The predicted molar refractivity (Wildman–Crippen MR) is 199 cm³/mol. The number of para-hydroxylation sites is 2. The van der Waals surface area contributed by atoms with Gasteiger partial charge in [0.2, 0.25) is 0 Å². The summed E-state index contributed by atoms with van der Waals surface area (Å²) in [5.74, 6) is 0. The van der Waals surface area contributed by atoms with Gasteiger partial charge in [-0.05, 0) is 76.3 Å². The van der Waals surface area contributed by atoms with Crippen molar-refractivity contribution in [2.75, 3.05) is 4.90 Å². The standard InChI is InChI=1S/C45H31NO2/c1-45(2)38-17-9-6-15-32(38)33-22-20-30(25-39(33)45)46(40-18-10-7-14-31(40)28-12-4-3-5-13-28)29-21-23-42-35(24-29)37-26-36-34-16-8-11-19-41(34)47-43(36)27-44(37)48-42/h3-27H,1-2H3. The molecule has 2 aromatic heterocycles. The SMILES string of the molecule is CC1(C)c2ccccc2-c2ccc(N(c3ccc4oc5cc6oc7ccccc7c6cc5c4c3)c3ccccc3-c3ccccc3)cc21. The van der Waals surface area contributed by atoms with Crippen LogP contribution >= 0.6 is 0 Å². The average molecular weight is 618 g/mol. The van der Waals surface area contributed by atoms with Crippen molar-refractivity contribution in [1.29, 1.82) is 0 Å². The first kappa shape index (κ1) is 27.1. The van der Waals surface area contributed by atoms with E-state index in [0.717, 1.165) is 60.9 Å². The van der Waals surface area contributed by atoms with E-state index in [4.69, 9.17) is 8.83 Å². The minimum absolute atomic E-state index is 0.115. The molecular formula is C45H31NO2. The summed E-state index contributed by atoms with van der Waals surface area (Å²) >= 11 is 0. The van der Waals surface area contributed by atoms with Crippen molar-refractivity contribution in [2.45, 2.75) is 19.3 Å². The van der Waals surface area contributed by atoms with Crippen LogP contribution in [0.2, 0.25) is 0 Å². The molecule has 10 rings (SSSR count). The fourth-order valence-corrected chi connectivity index (χ4v) is 7.91. The van der Waals surface area contributed by atoms with E-state index in [9.17, 15) is 0 Å². The van der Waals surface area contributed by atoms with Gasteiger partial charge in [0, 0.05) is 50.0 Å². The Morgan fingerprint density at radius 2 is 1.02 bits per heavy atom. The third-order valence-electron chi connectivity index (χ3n) is 10.3. The van der Waals surface area contributed by atoms with E-state index < -0.39 is 0 Å². The molecule has 0 radical (unpaired) electrons. The highest BCUT2D eigenvalue weighted by molar-refractivity contribution is 6.15. The molecule has 3 heteroatoms. The van der Waals surface area contributed by atoms with Gasteiger partial charge < -0.3 is 13.7 Å². The summed E-state index contributed by atoms with van der Waals surface area (Å²) in [7, 11) is 0. The van der Waals surface area contributed by atoms with Crippen molar-refractivity contribution in [3.05, 3.63) is 163 Å². The van der Waals surface area contributed by atoms with E-state index in [0.29, 0.717) is 0 Å². The fraction of sp³-hybridized carbons (Fsp3) is 0.0667. The maximum atomic E-state index is 6.44. The van der Waals surface area contributed by atoms with Crippen LogP contribution in [0.1, 0.15) is 25.0 Å². The van der Waals surface area contributed by atoms with Crippen LogP contribution in [-0.4, -0.2) is 0 Å². The molecule has 3 nitrogen and oxygen atoms in total. The molecule has 1 aliphatic rings. The molecule has 228 valence electrons. The van der Waals surface area contributed by atoms with Crippen molar-refractivity contribution in [3.8, 4) is 22.3 Å². The Hall–Kier alpha value is -6.06. The molecule has 0 saturated carbocycles. The molecule has 0 fully saturated rings. The predicted octanol–water partition coefficient (Wildman–Crippen LogP) is 12.9. The van der Waals surface area contributed by atoms with Gasteiger partial charge in [-0.15, -0.1) is 0 Å². The Morgan fingerprint density at radius 1 is 0.417 bits per heavy atom. The van der Waals surface area contributed by atoms with Gasteiger partial charge in [-0.3, -0.25) is 0 Å². The molecule has 0 atom stereocenters. The summed E-state index contributed by atoms with van der Waals surface area (Å²) < 4.78 is 12.6. The van der Waals surface area contributed by atoms with Gasteiger partial charge >= 0.3 is 0 Å². The van der Waals surface area contributed by atoms with Gasteiger partial charge in [0.15, 0.2) is 0 Å². The van der Waals surface area contributed by atoms with E-state index in [2.05, 4.69) is 152 Å². The fourth-order valence-electron chi connectivity index (χ4n) is 7.91. The third kappa shape index (κ3) is 3.88.